The highest BCUT2D eigenvalue weighted by molar-refractivity contribution is 5.75. The largest absolute Gasteiger partial charge is 0.377 e. The van der Waals surface area contributed by atoms with E-state index in [1.165, 1.54) is 38.5 Å². The SMILES string of the molecule is C[C@@H]1CN(C[C@@H]2CCCO2)CC[C@@H]1NC(=O)N1C[C@H]2CCCC[C@H]2C1. The van der Waals surface area contributed by atoms with Crippen molar-refractivity contribution in [1.82, 2.24) is 15.1 Å². The van der Waals surface area contributed by atoms with E-state index < -0.39 is 0 Å². The molecule has 25 heavy (non-hydrogen) atoms. The van der Waals surface area contributed by atoms with Gasteiger partial charge in [-0.2, -0.15) is 0 Å². The molecule has 3 heterocycles. The van der Waals surface area contributed by atoms with E-state index in [-0.39, 0.29) is 6.03 Å². The van der Waals surface area contributed by atoms with Gasteiger partial charge in [-0.05, 0) is 49.9 Å². The molecule has 4 fully saturated rings. The predicted molar refractivity (Wildman–Crippen MR) is 98.5 cm³/mol. The van der Waals surface area contributed by atoms with Crippen molar-refractivity contribution in [3.63, 3.8) is 0 Å². The Morgan fingerprint density at radius 1 is 1.04 bits per heavy atom. The molecule has 3 saturated heterocycles. The molecule has 0 aromatic heterocycles. The lowest BCUT2D eigenvalue weighted by Gasteiger charge is -2.38. The van der Waals surface area contributed by atoms with Gasteiger partial charge in [-0.3, -0.25) is 0 Å². The number of carbonyl (C=O) groups excluding carboxylic acids is 1. The van der Waals surface area contributed by atoms with E-state index in [0.29, 0.717) is 18.1 Å². The number of carbonyl (C=O) groups is 1. The number of nitrogens with one attached hydrogen (secondary N) is 1. The Balaban J connectivity index is 1.23. The predicted octanol–water partition coefficient (Wildman–Crippen LogP) is 2.71. The number of amides is 2. The molecule has 4 rings (SSSR count). The molecule has 5 nitrogen and oxygen atoms in total. The molecule has 0 unspecified atom stereocenters. The van der Waals surface area contributed by atoms with Gasteiger partial charge in [0.05, 0.1) is 6.10 Å². The Bertz CT molecular complexity index is 452. The molecule has 0 bridgehead atoms. The van der Waals surface area contributed by atoms with Gasteiger partial charge in [-0.25, -0.2) is 4.79 Å². The summed E-state index contributed by atoms with van der Waals surface area (Å²) < 4.78 is 5.78. The fourth-order valence-electron chi connectivity index (χ4n) is 5.51. The van der Waals surface area contributed by atoms with Crippen LogP contribution in [0.15, 0.2) is 0 Å². The van der Waals surface area contributed by atoms with E-state index in [2.05, 4.69) is 22.0 Å². The van der Waals surface area contributed by atoms with Crippen molar-refractivity contribution in [2.75, 3.05) is 39.3 Å². The Morgan fingerprint density at radius 3 is 2.44 bits per heavy atom. The van der Waals surface area contributed by atoms with Crippen LogP contribution in [0.1, 0.15) is 51.9 Å². The number of rotatable bonds is 3. The van der Waals surface area contributed by atoms with Crippen molar-refractivity contribution in [1.29, 1.82) is 0 Å². The van der Waals surface area contributed by atoms with Gasteiger partial charge in [0.15, 0.2) is 0 Å². The van der Waals surface area contributed by atoms with Crippen molar-refractivity contribution in [2.24, 2.45) is 17.8 Å². The molecule has 5 atom stereocenters. The van der Waals surface area contributed by atoms with Crippen LogP contribution in [0.5, 0.6) is 0 Å². The summed E-state index contributed by atoms with van der Waals surface area (Å²) >= 11 is 0. The standard InChI is InChI=1S/C20H35N3O2/c1-15-11-22(14-18-7-4-10-25-18)9-8-19(15)21-20(24)23-12-16-5-2-3-6-17(16)13-23/h15-19H,2-14H2,1H3,(H,21,24)/t15-,16-,17+,18+,19+/m1/s1. The molecule has 5 heteroatoms. The first-order valence-electron chi connectivity index (χ1n) is 10.6. The van der Waals surface area contributed by atoms with E-state index in [4.69, 9.17) is 4.74 Å². The summed E-state index contributed by atoms with van der Waals surface area (Å²) in [5.74, 6) is 2.05. The van der Waals surface area contributed by atoms with Gasteiger partial charge in [-0.1, -0.05) is 19.8 Å². The molecule has 0 radical (unpaired) electrons. The average Bonchev–Trinajstić information content (AvgIpc) is 3.26. The van der Waals surface area contributed by atoms with Gasteiger partial charge in [0.2, 0.25) is 0 Å². The highest BCUT2D eigenvalue weighted by Gasteiger charge is 2.37. The lowest BCUT2D eigenvalue weighted by atomic mass is 9.82. The molecule has 1 N–H and O–H groups in total. The topological polar surface area (TPSA) is 44.8 Å². The van der Waals surface area contributed by atoms with E-state index in [1.807, 2.05) is 0 Å². The molecule has 0 aromatic carbocycles. The quantitative estimate of drug-likeness (QED) is 0.852. The van der Waals surface area contributed by atoms with Gasteiger partial charge < -0.3 is 19.9 Å². The van der Waals surface area contributed by atoms with Crippen LogP contribution >= 0.6 is 0 Å². The third kappa shape index (κ3) is 4.13. The zero-order chi connectivity index (χ0) is 17.2. The third-order valence-corrected chi connectivity index (χ3v) is 7.05. The molecule has 2 amide bonds. The maximum absolute atomic E-state index is 12.7. The summed E-state index contributed by atoms with van der Waals surface area (Å²) in [6.07, 6.45) is 9.30. The minimum Gasteiger partial charge on any atom is -0.377 e. The van der Waals surface area contributed by atoms with E-state index in [0.717, 1.165) is 57.6 Å². The molecule has 4 aliphatic rings. The first-order valence-corrected chi connectivity index (χ1v) is 10.6. The highest BCUT2D eigenvalue weighted by Crippen LogP contribution is 2.36. The second-order valence-electron chi connectivity index (χ2n) is 8.93. The van der Waals surface area contributed by atoms with Crippen LogP contribution in [0.4, 0.5) is 4.79 Å². The number of fused-ring (bicyclic) bond motifs is 1. The molecule has 0 spiro atoms. The van der Waals surface area contributed by atoms with Crippen LogP contribution in [-0.2, 0) is 4.74 Å². The van der Waals surface area contributed by atoms with E-state index in [1.54, 1.807) is 0 Å². The second kappa shape index (κ2) is 7.83. The smallest absolute Gasteiger partial charge is 0.317 e. The van der Waals surface area contributed by atoms with Crippen LogP contribution in [-0.4, -0.2) is 67.3 Å². The fourth-order valence-corrected chi connectivity index (χ4v) is 5.51. The Labute approximate surface area is 152 Å². The summed E-state index contributed by atoms with van der Waals surface area (Å²) in [5.41, 5.74) is 0. The number of ether oxygens (including phenoxy) is 1. The number of urea groups is 1. The minimum atomic E-state index is 0.193. The summed E-state index contributed by atoms with van der Waals surface area (Å²) in [7, 11) is 0. The van der Waals surface area contributed by atoms with Crippen LogP contribution in [0.25, 0.3) is 0 Å². The molecular weight excluding hydrogens is 314 g/mol. The molecule has 1 aliphatic carbocycles. The molecule has 1 saturated carbocycles. The first-order chi connectivity index (χ1) is 12.2. The van der Waals surface area contributed by atoms with E-state index >= 15 is 0 Å². The second-order valence-corrected chi connectivity index (χ2v) is 8.93. The Morgan fingerprint density at radius 2 is 1.80 bits per heavy atom. The van der Waals surface area contributed by atoms with Gasteiger partial charge in [0.1, 0.15) is 0 Å². The number of piperidine rings is 1. The normalized spacial score (nSPS) is 39.4. The summed E-state index contributed by atoms with van der Waals surface area (Å²) in [4.78, 5) is 17.4. The third-order valence-electron chi connectivity index (χ3n) is 7.05. The van der Waals surface area contributed by atoms with Gasteiger partial charge in [0, 0.05) is 45.4 Å². The Kier molecular flexibility index (Phi) is 5.51. The lowest BCUT2D eigenvalue weighted by molar-refractivity contribution is 0.0517. The van der Waals surface area contributed by atoms with Crippen molar-refractivity contribution in [3.05, 3.63) is 0 Å². The monoisotopic (exact) mass is 349 g/mol. The number of hydrogen-bond acceptors (Lipinski definition) is 3. The zero-order valence-electron chi connectivity index (χ0n) is 15.8. The highest BCUT2D eigenvalue weighted by atomic mass is 16.5. The Hall–Kier alpha value is -0.810. The van der Waals surface area contributed by atoms with Crippen molar-refractivity contribution in [2.45, 2.75) is 64.0 Å². The zero-order valence-corrected chi connectivity index (χ0v) is 15.8. The number of hydrogen-bond donors (Lipinski definition) is 1. The average molecular weight is 350 g/mol. The molecule has 0 aromatic rings. The van der Waals surface area contributed by atoms with Crippen molar-refractivity contribution in [3.8, 4) is 0 Å². The van der Waals surface area contributed by atoms with Crippen LogP contribution < -0.4 is 5.32 Å². The van der Waals surface area contributed by atoms with Crippen molar-refractivity contribution >= 4 is 6.03 Å². The molecular formula is C20H35N3O2. The minimum absolute atomic E-state index is 0.193. The maximum Gasteiger partial charge on any atom is 0.317 e. The number of likely N-dealkylation sites (tertiary alicyclic amines) is 2. The van der Waals surface area contributed by atoms with Crippen LogP contribution in [0.3, 0.4) is 0 Å². The van der Waals surface area contributed by atoms with Gasteiger partial charge >= 0.3 is 6.03 Å². The van der Waals surface area contributed by atoms with Crippen molar-refractivity contribution < 1.29 is 9.53 Å². The van der Waals surface area contributed by atoms with Gasteiger partial charge in [-0.15, -0.1) is 0 Å². The summed E-state index contributed by atoms with van der Waals surface area (Å²) in [6.45, 7) is 8.43. The number of nitrogens with zero attached hydrogens (tertiary/aromatic N) is 2. The maximum atomic E-state index is 12.7. The van der Waals surface area contributed by atoms with E-state index in [9.17, 15) is 4.79 Å². The molecule has 3 aliphatic heterocycles. The van der Waals surface area contributed by atoms with Gasteiger partial charge in [0.25, 0.3) is 0 Å². The lowest BCUT2D eigenvalue weighted by Crippen LogP contribution is -2.53. The summed E-state index contributed by atoms with van der Waals surface area (Å²) in [5, 5.41) is 3.36. The molecule has 142 valence electrons. The summed E-state index contributed by atoms with van der Waals surface area (Å²) in [6, 6.07) is 0.523. The van der Waals surface area contributed by atoms with Crippen LogP contribution in [0.2, 0.25) is 0 Å². The fraction of sp³-hybridized carbons (Fsp3) is 0.950. The first kappa shape index (κ1) is 17.6. The van der Waals surface area contributed by atoms with Crippen LogP contribution in [0, 0.1) is 17.8 Å².